The molecule has 0 bridgehead atoms. The molecule has 0 saturated carbocycles. The smallest absolute Gasteiger partial charge is 0.325 e. The van der Waals surface area contributed by atoms with E-state index in [1.54, 1.807) is 18.2 Å². The van der Waals surface area contributed by atoms with Gasteiger partial charge in [-0.15, -0.1) is 0 Å². The number of carboxylic acids is 1. The summed E-state index contributed by atoms with van der Waals surface area (Å²) < 4.78 is 26.8. The van der Waals surface area contributed by atoms with Crippen LogP contribution in [0.3, 0.4) is 0 Å². The molecule has 2 aromatic rings. The Morgan fingerprint density at radius 1 is 1.27 bits per heavy atom. The first-order valence-electron chi connectivity index (χ1n) is 7.92. The summed E-state index contributed by atoms with van der Waals surface area (Å²) in [6.45, 7) is 1.24. The summed E-state index contributed by atoms with van der Waals surface area (Å²) in [5, 5.41) is 9.15. The molecule has 0 spiro atoms. The van der Waals surface area contributed by atoms with E-state index >= 15 is 0 Å². The highest BCUT2D eigenvalue weighted by atomic mass is 32.2. The number of nitrogens with two attached hydrogens (primary N) is 1. The van der Waals surface area contributed by atoms with Crippen LogP contribution < -0.4 is 10.5 Å². The topological polar surface area (TPSA) is 139 Å². The predicted molar refractivity (Wildman–Crippen MR) is 93.7 cm³/mol. The maximum atomic E-state index is 12.2. The van der Waals surface area contributed by atoms with Crippen molar-refractivity contribution >= 4 is 21.9 Å². The van der Waals surface area contributed by atoms with E-state index in [1.165, 1.54) is 24.5 Å². The van der Waals surface area contributed by atoms with Gasteiger partial charge in [-0.3, -0.25) is 9.69 Å². The number of aliphatic carboxylic acids is 1. The second-order valence-electron chi connectivity index (χ2n) is 6.26. The molecule has 1 unspecified atom stereocenters. The molecule has 1 aromatic carbocycles. The minimum Gasteiger partial charge on any atom is -0.480 e. The van der Waals surface area contributed by atoms with Crippen LogP contribution in [-0.2, 0) is 21.4 Å². The molecule has 1 saturated heterocycles. The van der Waals surface area contributed by atoms with E-state index in [1.807, 2.05) is 4.90 Å². The number of anilines is 1. The third-order valence-electron chi connectivity index (χ3n) is 4.20. The zero-order valence-electron chi connectivity index (χ0n) is 13.9. The van der Waals surface area contributed by atoms with Crippen LogP contribution in [0.5, 0.6) is 0 Å². The highest BCUT2D eigenvalue weighted by molar-refractivity contribution is 7.92. The lowest BCUT2D eigenvalue weighted by molar-refractivity contribution is -0.142. The fourth-order valence-electron chi connectivity index (χ4n) is 2.75. The number of benzene rings is 1. The quantitative estimate of drug-likeness (QED) is 0.652. The molecule has 138 valence electrons. The van der Waals surface area contributed by atoms with E-state index in [4.69, 9.17) is 10.8 Å². The fraction of sp³-hybridized carbons (Fsp3) is 0.312. The Labute approximate surface area is 150 Å². The van der Waals surface area contributed by atoms with Gasteiger partial charge in [-0.25, -0.2) is 23.1 Å². The first kappa shape index (κ1) is 18.2. The molecule has 3 rings (SSSR count). The first-order valence-corrected chi connectivity index (χ1v) is 9.40. The molecule has 1 fully saturated rings. The summed E-state index contributed by atoms with van der Waals surface area (Å²) in [6, 6.07) is 7.94. The maximum Gasteiger partial charge on any atom is 0.325 e. The van der Waals surface area contributed by atoms with Gasteiger partial charge >= 0.3 is 5.97 Å². The highest BCUT2D eigenvalue weighted by Gasteiger charge is 2.41. The van der Waals surface area contributed by atoms with Crippen LogP contribution >= 0.6 is 0 Å². The van der Waals surface area contributed by atoms with Crippen molar-refractivity contribution < 1.29 is 18.3 Å². The minimum atomic E-state index is -3.74. The molecular formula is C16H19N5O4S. The lowest BCUT2D eigenvalue weighted by Crippen LogP contribution is -2.50. The normalized spacial score (nSPS) is 20.8. The zero-order chi connectivity index (χ0) is 18.8. The number of hydrogen-bond donors (Lipinski definition) is 3. The summed E-state index contributed by atoms with van der Waals surface area (Å²) in [4.78, 5) is 21.3. The third kappa shape index (κ3) is 3.98. The molecule has 1 atom stereocenters. The van der Waals surface area contributed by atoms with E-state index in [-0.39, 0.29) is 17.4 Å². The number of carbonyl (C=O) groups is 1. The van der Waals surface area contributed by atoms with Gasteiger partial charge in [0.1, 0.15) is 5.54 Å². The molecule has 1 aliphatic rings. The third-order valence-corrected chi connectivity index (χ3v) is 5.54. The molecule has 0 amide bonds. The van der Waals surface area contributed by atoms with E-state index in [0.29, 0.717) is 19.5 Å². The molecule has 0 radical (unpaired) electrons. The summed E-state index contributed by atoms with van der Waals surface area (Å²) in [5.41, 5.74) is 5.35. The number of nitrogens with one attached hydrogen (secondary N) is 1. The number of sulfonamides is 1. The van der Waals surface area contributed by atoms with Crippen molar-refractivity contribution in [3.05, 3.63) is 48.3 Å². The van der Waals surface area contributed by atoms with Crippen molar-refractivity contribution in [2.24, 2.45) is 5.73 Å². The van der Waals surface area contributed by atoms with Crippen LogP contribution in [0.1, 0.15) is 12.0 Å². The van der Waals surface area contributed by atoms with Crippen molar-refractivity contribution in [1.82, 2.24) is 14.9 Å². The Hall–Kier alpha value is -2.56. The molecule has 2 heterocycles. The van der Waals surface area contributed by atoms with Crippen LogP contribution in [0.15, 0.2) is 47.6 Å². The van der Waals surface area contributed by atoms with E-state index in [9.17, 15) is 13.2 Å². The van der Waals surface area contributed by atoms with Gasteiger partial charge in [0.05, 0.1) is 4.90 Å². The van der Waals surface area contributed by atoms with Crippen LogP contribution in [0.25, 0.3) is 0 Å². The van der Waals surface area contributed by atoms with Gasteiger partial charge < -0.3 is 10.8 Å². The van der Waals surface area contributed by atoms with Crippen LogP contribution in [0.2, 0.25) is 0 Å². The number of aromatic nitrogens is 2. The average Bonchev–Trinajstić information content (AvgIpc) is 3.00. The van der Waals surface area contributed by atoms with Gasteiger partial charge in [0.25, 0.3) is 10.0 Å². The van der Waals surface area contributed by atoms with Gasteiger partial charge in [0.15, 0.2) is 0 Å². The van der Waals surface area contributed by atoms with Crippen LogP contribution in [0, 0.1) is 0 Å². The van der Waals surface area contributed by atoms with Crippen LogP contribution in [-0.4, -0.2) is 53.0 Å². The fourth-order valence-corrected chi connectivity index (χ4v) is 3.73. The Bertz CT molecular complexity index is 889. The van der Waals surface area contributed by atoms with Gasteiger partial charge in [0, 0.05) is 37.6 Å². The Kier molecular flexibility index (Phi) is 4.90. The summed E-state index contributed by atoms with van der Waals surface area (Å²) in [7, 11) is -3.74. The molecule has 9 nitrogen and oxygen atoms in total. The SMILES string of the molecule is NC1(C(=O)O)CCN(Cc2cnc(NS(=O)(=O)c3ccccc3)nc2)C1. The van der Waals surface area contributed by atoms with Crippen molar-refractivity contribution in [1.29, 1.82) is 0 Å². The minimum absolute atomic E-state index is 0.0299. The Morgan fingerprint density at radius 2 is 1.92 bits per heavy atom. The summed E-state index contributed by atoms with van der Waals surface area (Å²) in [6.07, 6.45) is 3.39. The van der Waals surface area contributed by atoms with Gasteiger partial charge in [-0.05, 0) is 18.6 Å². The molecule has 0 aliphatic carbocycles. The Balaban J connectivity index is 1.64. The number of carboxylic acid groups (broad SMARTS) is 1. The van der Waals surface area contributed by atoms with Crippen LogP contribution in [0.4, 0.5) is 5.95 Å². The lowest BCUT2D eigenvalue weighted by atomic mass is 10.0. The molecular weight excluding hydrogens is 358 g/mol. The number of rotatable bonds is 6. The number of likely N-dealkylation sites (tertiary alicyclic amines) is 1. The van der Waals surface area contributed by atoms with Crippen molar-refractivity contribution in [2.45, 2.75) is 23.4 Å². The molecule has 1 aliphatic heterocycles. The molecule has 26 heavy (non-hydrogen) atoms. The van der Waals surface area contributed by atoms with Gasteiger partial charge in [0.2, 0.25) is 5.95 Å². The number of hydrogen-bond acceptors (Lipinski definition) is 7. The molecule has 4 N–H and O–H groups in total. The lowest BCUT2D eigenvalue weighted by Gasteiger charge is -2.19. The second-order valence-corrected chi connectivity index (χ2v) is 7.94. The van der Waals surface area contributed by atoms with Crippen molar-refractivity contribution in [3.63, 3.8) is 0 Å². The van der Waals surface area contributed by atoms with Crippen molar-refractivity contribution in [3.8, 4) is 0 Å². The second kappa shape index (κ2) is 6.98. The van der Waals surface area contributed by atoms with E-state index < -0.39 is 21.5 Å². The van der Waals surface area contributed by atoms with E-state index in [2.05, 4.69) is 14.7 Å². The molecule has 1 aromatic heterocycles. The summed E-state index contributed by atoms with van der Waals surface area (Å²) in [5.74, 6) is -1.04. The maximum absolute atomic E-state index is 12.2. The van der Waals surface area contributed by atoms with Gasteiger partial charge in [-0.1, -0.05) is 18.2 Å². The van der Waals surface area contributed by atoms with E-state index in [0.717, 1.165) is 5.56 Å². The predicted octanol–water partition coefficient (Wildman–Crippen LogP) is 0.265. The zero-order valence-corrected chi connectivity index (χ0v) is 14.7. The summed E-state index contributed by atoms with van der Waals surface area (Å²) >= 11 is 0. The largest absolute Gasteiger partial charge is 0.480 e. The average molecular weight is 377 g/mol. The molecule has 10 heteroatoms. The Morgan fingerprint density at radius 3 is 2.50 bits per heavy atom. The highest BCUT2D eigenvalue weighted by Crippen LogP contribution is 2.21. The number of nitrogens with zero attached hydrogens (tertiary/aromatic N) is 3. The van der Waals surface area contributed by atoms with Crippen molar-refractivity contribution in [2.75, 3.05) is 17.8 Å². The standard InChI is InChI=1S/C16H19N5O4S/c17-16(14(22)23)6-7-21(11-16)10-12-8-18-15(19-9-12)20-26(24,25)13-4-2-1-3-5-13/h1-5,8-9H,6-7,10-11,17H2,(H,22,23)(H,18,19,20). The monoisotopic (exact) mass is 377 g/mol. The first-order chi connectivity index (χ1) is 12.3. The van der Waals surface area contributed by atoms with Gasteiger partial charge in [-0.2, -0.15) is 0 Å².